The minimum atomic E-state index is -0.615. The number of hydrogen-bond acceptors (Lipinski definition) is 3. The Morgan fingerprint density at radius 3 is 2.37 bits per heavy atom. The van der Waals surface area contributed by atoms with Gasteiger partial charge in [-0.15, -0.1) is 0 Å². The van der Waals surface area contributed by atoms with Gasteiger partial charge in [-0.25, -0.2) is 0 Å². The zero-order valence-electron chi connectivity index (χ0n) is 13.2. The number of amides is 1. The van der Waals surface area contributed by atoms with Crippen molar-refractivity contribution in [1.29, 1.82) is 0 Å². The van der Waals surface area contributed by atoms with Crippen molar-refractivity contribution in [1.82, 2.24) is 10.2 Å². The first-order valence-electron chi connectivity index (χ1n) is 7.51. The van der Waals surface area contributed by atoms with Crippen LogP contribution in [0, 0.1) is 5.92 Å². The Hall–Kier alpha value is -0.610. The predicted molar refractivity (Wildman–Crippen MR) is 79.9 cm³/mol. The zero-order chi connectivity index (χ0) is 14.6. The maximum absolute atomic E-state index is 11.6. The lowest BCUT2D eigenvalue weighted by Crippen LogP contribution is -2.55. The molecule has 0 spiro atoms. The Balaban J connectivity index is 2.57. The molecule has 0 heterocycles. The molecule has 1 fully saturated rings. The second kappa shape index (κ2) is 6.71. The molecular weight excluding hydrogens is 238 g/mol. The fraction of sp³-hybridized carbons (Fsp3) is 0.933. The topological polar surface area (TPSA) is 58.4 Å². The number of carbonyl (C=O) groups excluding carboxylic acids is 1. The molecular formula is C15H31N3O. The molecule has 19 heavy (non-hydrogen) atoms. The van der Waals surface area contributed by atoms with Crippen LogP contribution in [0.15, 0.2) is 0 Å². The summed E-state index contributed by atoms with van der Waals surface area (Å²) in [6.07, 6.45) is 5.94. The maximum atomic E-state index is 11.6. The second-order valence-corrected chi connectivity index (χ2v) is 6.58. The second-order valence-electron chi connectivity index (χ2n) is 6.58. The van der Waals surface area contributed by atoms with E-state index in [1.165, 1.54) is 25.7 Å². The number of rotatable bonds is 6. The number of likely N-dealkylation sites (N-methyl/N-ethyl adjacent to an activating group) is 1. The summed E-state index contributed by atoms with van der Waals surface area (Å²) in [5.41, 5.74) is 4.89. The first kappa shape index (κ1) is 16.4. The lowest BCUT2D eigenvalue weighted by Gasteiger charge is -2.40. The molecule has 4 nitrogen and oxygen atoms in total. The molecule has 2 unspecified atom stereocenters. The third-order valence-electron chi connectivity index (χ3n) is 5.06. The number of nitrogens with zero attached hydrogens (tertiary/aromatic N) is 1. The van der Waals surface area contributed by atoms with Crippen molar-refractivity contribution < 1.29 is 4.79 Å². The van der Waals surface area contributed by atoms with E-state index in [2.05, 4.69) is 31.1 Å². The van der Waals surface area contributed by atoms with Crippen molar-refractivity contribution in [2.75, 3.05) is 14.1 Å². The van der Waals surface area contributed by atoms with Gasteiger partial charge in [-0.2, -0.15) is 0 Å². The van der Waals surface area contributed by atoms with Crippen LogP contribution in [0.4, 0.5) is 0 Å². The van der Waals surface area contributed by atoms with Gasteiger partial charge in [0.2, 0.25) is 5.91 Å². The largest absolute Gasteiger partial charge is 0.368 e. The van der Waals surface area contributed by atoms with Crippen molar-refractivity contribution in [3.05, 3.63) is 0 Å². The van der Waals surface area contributed by atoms with E-state index >= 15 is 0 Å². The smallest absolute Gasteiger partial charge is 0.237 e. The van der Waals surface area contributed by atoms with Gasteiger partial charge in [0.25, 0.3) is 0 Å². The molecule has 4 heteroatoms. The lowest BCUT2D eigenvalue weighted by atomic mass is 9.85. The fourth-order valence-electron chi connectivity index (χ4n) is 3.07. The van der Waals surface area contributed by atoms with Crippen LogP contribution in [0.1, 0.15) is 52.9 Å². The minimum Gasteiger partial charge on any atom is -0.368 e. The Morgan fingerprint density at radius 2 is 1.95 bits per heavy atom. The molecule has 3 N–H and O–H groups in total. The molecule has 0 aliphatic heterocycles. The van der Waals surface area contributed by atoms with E-state index < -0.39 is 5.54 Å². The van der Waals surface area contributed by atoms with Crippen molar-refractivity contribution in [2.45, 2.75) is 70.5 Å². The van der Waals surface area contributed by atoms with E-state index in [1.807, 2.05) is 6.92 Å². The molecule has 0 bridgehead atoms. The summed E-state index contributed by atoms with van der Waals surface area (Å²) in [5, 5.41) is 3.07. The van der Waals surface area contributed by atoms with Crippen LogP contribution >= 0.6 is 0 Å². The highest BCUT2D eigenvalue weighted by atomic mass is 16.1. The van der Waals surface area contributed by atoms with Gasteiger partial charge in [-0.3, -0.25) is 4.79 Å². The Morgan fingerprint density at radius 1 is 1.42 bits per heavy atom. The third kappa shape index (κ3) is 4.18. The Labute approximate surface area is 118 Å². The van der Waals surface area contributed by atoms with Gasteiger partial charge in [-0.1, -0.05) is 6.92 Å². The summed E-state index contributed by atoms with van der Waals surface area (Å²) < 4.78 is 0. The predicted octanol–water partition coefficient (Wildman–Crippen LogP) is 1.74. The number of carbonyl (C=O) groups is 1. The molecule has 0 aromatic carbocycles. The van der Waals surface area contributed by atoms with E-state index in [-0.39, 0.29) is 5.91 Å². The van der Waals surface area contributed by atoms with Gasteiger partial charge in [0.1, 0.15) is 0 Å². The van der Waals surface area contributed by atoms with E-state index in [1.54, 1.807) is 7.05 Å². The zero-order valence-corrected chi connectivity index (χ0v) is 13.2. The van der Waals surface area contributed by atoms with Crippen molar-refractivity contribution in [3.63, 3.8) is 0 Å². The SMILES string of the molecule is CNC(C)(CC(C)N(C)C1CCC(C)CC1)C(N)=O. The van der Waals surface area contributed by atoms with Crippen LogP contribution in [-0.2, 0) is 4.79 Å². The highest BCUT2D eigenvalue weighted by Crippen LogP contribution is 2.28. The van der Waals surface area contributed by atoms with Crippen molar-refractivity contribution >= 4 is 5.91 Å². The quantitative estimate of drug-likeness (QED) is 0.772. The summed E-state index contributed by atoms with van der Waals surface area (Å²) in [6, 6.07) is 1.00. The van der Waals surface area contributed by atoms with E-state index in [9.17, 15) is 4.79 Å². The third-order valence-corrected chi connectivity index (χ3v) is 5.06. The first-order chi connectivity index (χ1) is 8.80. The van der Waals surface area contributed by atoms with Crippen LogP contribution in [0.5, 0.6) is 0 Å². The van der Waals surface area contributed by atoms with Crippen LogP contribution < -0.4 is 11.1 Å². The molecule has 2 atom stereocenters. The maximum Gasteiger partial charge on any atom is 0.237 e. The molecule has 0 aromatic rings. The van der Waals surface area contributed by atoms with Gasteiger partial charge in [0.15, 0.2) is 0 Å². The van der Waals surface area contributed by atoms with E-state index in [0.717, 1.165) is 12.3 Å². The number of primary amides is 1. The average molecular weight is 269 g/mol. The molecule has 1 amide bonds. The van der Waals surface area contributed by atoms with E-state index in [4.69, 9.17) is 5.73 Å². The van der Waals surface area contributed by atoms with Gasteiger partial charge in [-0.05, 0) is 66.0 Å². The molecule has 112 valence electrons. The molecule has 0 saturated heterocycles. The Bertz CT molecular complexity index is 300. The lowest BCUT2D eigenvalue weighted by molar-refractivity contribution is -0.124. The highest BCUT2D eigenvalue weighted by molar-refractivity contribution is 5.84. The summed E-state index contributed by atoms with van der Waals surface area (Å²) >= 11 is 0. The summed E-state index contributed by atoms with van der Waals surface area (Å²) in [7, 11) is 3.99. The van der Waals surface area contributed by atoms with Crippen LogP contribution in [0.25, 0.3) is 0 Å². The van der Waals surface area contributed by atoms with Gasteiger partial charge >= 0.3 is 0 Å². The fourth-order valence-corrected chi connectivity index (χ4v) is 3.07. The van der Waals surface area contributed by atoms with Crippen molar-refractivity contribution in [2.24, 2.45) is 11.7 Å². The summed E-state index contributed by atoms with van der Waals surface area (Å²) in [4.78, 5) is 14.0. The Kier molecular flexibility index (Phi) is 5.81. The number of nitrogens with one attached hydrogen (secondary N) is 1. The number of hydrogen-bond donors (Lipinski definition) is 2. The standard InChI is InChI=1S/C15H31N3O/c1-11-6-8-13(9-7-11)18(5)12(2)10-15(3,17-4)14(16)19/h11-13,17H,6-10H2,1-5H3,(H2,16,19). The molecule has 1 aliphatic rings. The van der Waals surface area contributed by atoms with Crippen LogP contribution in [-0.4, -0.2) is 42.5 Å². The van der Waals surface area contributed by atoms with E-state index in [0.29, 0.717) is 12.1 Å². The number of nitrogens with two attached hydrogens (primary N) is 1. The molecule has 1 aliphatic carbocycles. The monoisotopic (exact) mass is 269 g/mol. The normalized spacial score (nSPS) is 28.9. The molecule has 1 rings (SSSR count). The van der Waals surface area contributed by atoms with Gasteiger partial charge in [0.05, 0.1) is 5.54 Å². The van der Waals surface area contributed by atoms with Gasteiger partial charge < -0.3 is 16.0 Å². The highest BCUT2D eigenvalue weighted by Gasteiger charge is 2.34. The molecule has 1 saturated carbocycles. The minimum absolute atomic E-state index is 0.271. The molecule has 0 aromatic heterocycles. The van der Waals surface area contributed by atoms with Gasteiger partial charge in [0, 0.05) is 12.1 Å². The summed E-state index contributed by atoms with van der Waals surface area (Å²) in [5.74, 6) is 0.598. The van der Waals surface area contributed by atoms with Crippen molar-refractivity contribution in [3.8, 4) is 0 Å². The average Bonchev–Trinajstić information content (AvgIpc) is 2.38. The summed E-state index contributed by atoms with van der Waals surface area (Å²) in [6.45, 7) is 6.42. The first-order valence-corrected chi connectivity index (χ1v) is 7.51. The van der Waals surface area contributed by atoms with Crippen LogP contribution in [0.2, 0.25) is 0 Å². The molecule has 0 radical (unpaired) electrons. The van der Waals surface area contributed by atoms with Crippen LogP contribution in [0.3, 0.4) is 0 Å².